The molecule has 4 heteroatoms. The number of ether oxygens (including phenoxy) is 2. The minimum absolute atomic E-state index is 0.0917. The summed E-state index contributed by atoms with van der Waals surface area (Å²) >= 11 is 0. The highest BCUT2D eigenvalue weighted by atomic mass is 16.5. The van der Waals surface area contributed by atoms with Crippen LogP contribution in [0, 0.1) is 6.92 Å². The van der Waals surface area contributed by atoms with Gasteiger partial charge in [-0.2, -0.15) is 0 Å². The lowest BCUT2D eigenvalue weighted by Crippen LogP contribution is -2.43. The van der Waals surface area contributed by atoms with Crippen LogP contribution in [0.5, 0.6) is 11.5 Å². The van der Waals surface area contributed by atoms with Crippen LogP contribution in [-0.4, -0.2) is 24.7 Å². The molecule has 0 saturated heterocycles. The van der Waals surface area contributed by atoms with Gasteiger partial charge in [-0.3, -0.25) is 4.79 Å². The van der Waals surface area contributed by atoms with Crippen LogP contribution < -0.4 is 14.8 Å². The molecule has 1 amide bonds. The van der Waals surface area contributed by atoms with Crippen molar-refractivity contribution in [2.75, 3.05) is 6.61 Å². The maximum absolute atomic E-state index is 12.3. The van der Waals surface area contributed by atoms with E-state index < -0.39 is 6.10 Å². The molecule has 0 aliphatic rings. The van der Waals surface area contributed by atoms with Crippen LogP contribution in [0.4, 0.5) is 0 Å². The summed E-state index contributed by atoms with van der Waals surface area (Å²) in [5.74, 6) is 1.33. The van der Waals surface area contributed by atoms with E-state index in [0.717, 1.165) is 5.75 Å². The minimum Gasteiger partial charge on any atom is -0.491 e. The zero-order chi connectivity index (χ0) is 20.0. The Morgan fingerprint density at radius 2 is 1.52 bits per heavy atom. The molecule has 0 heterocycles. The molecule has 0 aliphatic carbocycles. The number of amides is 1. The Morgan fingerprint density at radius 1 is 0.963 bits per heavy atom. The number of carbonyl (C=O) groups excluding carboxylic acids is 1. The van der Waals surface area contributed by atoms with Gasteiger partial charge in [0.25, 0.3) is 5.91 Å². The summed E-state index contributed by atoms with van der Waals surface area (Å²) in [6.07, 6.45) is -0.577. The summed E-state index contributed by atoms with van der Waals surface area (Å²) in [5, 5.41) is 2.93. The van der Waals surface area contributed by atoms with E-state index in [1.54, 1.807) is 6.92 Å². The van der Waals surface area contributed by atoms with E-state index in [0.29, 0.717) is 12.4 Å². The molecule has 2 aromatic carbocycles. The molecule has 0 fully saturated rings. The highest BCUT2D eigenvalue weighted by molar-refractivity contribution is 5.81. The summed E-state index contributed by atoms with van der Waals surface area (Å²) in [4.78, 5) is 12.3. The number of carbonyl (C=O) groups is 1. The minimum atomic E-state index is -0.577. The number of hydrogen-bond donors (Lipinski definition) is 1. The maximum Gasteiger partial charge on any atom is 0.261 e. The van der Waals surface area contributed by atoms with Gasteiger partial charge in [0.1, 0.15) is 18.1 Å². The first-order chi connectivity index (χ1) is 12.6. The summed E-state index contributed by atoms with van der Waals surface area (Å²) in [7, 11) is 0. The van der Waals surface area contributed by atoms with E-state index in [9.17, 15) is 4.79 Å². The molecule has 1 N–H and O–H groups in total. The lowest BCUT2D eigenvalue weighted by atomic mass is 9.87. The Kier molecular flexibility index (Phi) is 6.89. The zero-order valence-corrected chi connectivity index (χ0v) is 17.2. The lowest BCUT2D eigenvalue weighted by Gasteiger charge is -2.21. The molecule has 0 aromatic heterocycles. The fourth-order valence-corrected chi connectivity index (χ4v) is 2.55. The molecule has 0 bridgehead atoms. The number of aryl methyl sites for hydroxylation is 1. The molecule has 0 saturated carbocycles. The summed E-state index contributed by atoms with van der Waals surface area (Å²) in [6, 6.07) is 15.6. The number of nitrogens with one attached hydrogen (secondary N) is 1. The van der Waals surface area contributed by atoms with Crippen molar-refractivity contribution in [3.05, 3.63) is 59.7 Å². The zero-order valence-electron chi connectivity index (χ0n) is 17.2. The third-order valence-corrected chi connectivity index (χ3v) is 4.31. The van der Waals surface area contributed by atoms with E-state index in [1.165, 1.54) is 11.1 Å². The predicted octanol–water partition coefficient (Wildman–Crippen LogP) is 4.64. The van der Waals surface area contributed by atoms with Gasteiger partial charge in [-0.15, -0.1) is 0 Å². The highest BCUT2D eigenvalue weighted by Crippen LogP contribution is 2.24. The molecule has 2 atom stereocenters. The summed E-state index contributed by atoms with van der Waals surface area (Å²) in [6.45, 7) is 12.6. The van der Waals surface area contributed by atoms with Gasteiger partial charge in [0.2, 0.25) is 0 Å². The van der Waals surface area contributed by atoms with E-state index in [2.05, 4.69) is 26.1 Å². The largest absolute Gasteiger partial charge is 0.491 e. The number of hydrogen-bond acceptors (Lipinski definition) is 3. The van der Waals surface area contributed by atoms with Gasteiger partial charge in [0, 0.05) is 0 Å². The van der Waals surface area contributed by atoms with Crippen molar-refractivity contribution in [2.45, 2.75) is 59.1 Å². The van der Waals surface area contributed by atoms with E-state index in [-0.39, 0.29) is 17.4 Å². The van der Waals surface area contributed by atoms with Crippen LogP contribution in [0.3, 0.4) is 0 Å². The van der Waals surface area contributed by atoms with Crippen molar-refractivity contribution in [2.24, 2.45) is 0 Å². The molecule has 4 nitrogen and oxygen atoms in total. The van der Waals surface area contributed by atoms with E-state index >= 15 is 0 Å². The molecular formula is C23H31NO3. The third kappa shape index (κ3) is 6.63. The molecule has 2 rings (SSSR count). The molecule has 27 heavy (non-hydrogen) atoms. The number of benzene rings is 2. The predicted molar refractivity (Wildman–Crippen MR) is 110 cm³/mol. The summed E-state index contributed by atoms with van der Waals surface area (Å²) < 4.78 is 11.5. The van der Waals surface area contributed by atoms with Crippen molar-refractivity contribution in [1.82, 2.24) is 5.32 Å². The first-order valence-electron chi connectivity index (χ1n) is 9.42. The Morgan fingerprint density at radius 3 is 2.07 bits per heavy atom. The van der Waals surface area contributed by atoms with Crippen molar-refractivity contribution < 1.29 is 14.3 Å². The molecule has 0 radical (unpaired) electrons. The standard InChI is InChI=1S/C23H31NO3/c1-16-7-11-20(12-8-16)26-15-17(2)24-22(25)18(3)27-21-13-9-19(10-14-21)23(4,5)6/h7-14,17-18H,15H2,1-6H3,(H,24,25)/t17-,18-/m0/s1. The molecule has 0 aliphatic heterocycles. The van der Waals surface area contributed by atoms with Crippen LogP contribution in [0.2, 0.25) is 0 Å². The average molecular weight is 370 g/mol. The van der Waals surface area contributed by atoms with Crippen LogP contribution in [0.15, 0.2) is 48.5 Å². The molecule has 0 unspecified atom stereocenters. The quantitative estimate of drug-likeness (QED) is 0.773. The molecule has 2 aromatic rings. The highest BCUT2D eigenvalue weighted by Gasteiger charge is 2.18. The second-order valence-corrected chi connectivity index (χ2v) is 8.07. The van der Waals surface area contributed by atoms with Crippen LogP contribution in [-0.2, 0) is 10.2 Å². The maximum atomic E-state index is 12.3. The third-order valence-electron chi connectivity index (χ3n) is 4.31. The van der Waals surface area contributed by atoms with Crippen molar-refractivity contribution in [3.63, 3.8) is 0 Å². The van der Waals surface area contributed by atoms with Gasteiger partial charge in [-0.05, 0) is 56.0 Å². The first-order valence-corrected chi connectivity index (χ1v) is 9.42. The molecular weight excluding hydrogens is 338 g/mol. The smallest absolute Gasteiger partial charge is 0.261 e. The Bertz CT molecular complexity index is 730. The van der Waals surface area contributed by atoms with Gasteiger partial charge >= 0.3 is 0 Å². The molecule has 146 valence electrons. The van der Waals surface area contributed by atoms with Gasteiger partial charge < -0.3 is 14.8 Å². The Balaban J connectivity index is 1.81. The SMILES string of the molecule is Cc1ccc(OC[C@H](C)NC(=O)[C@H](C)Oc2ccc(C(C)(C)C)cc2)cc1. The van der Waals surface area contributed by atoms with Crippen LogP contribution >= 0.6 is 0 Å². The molecule has 0 spiro atoms. The van der Waals surface area contributed by atoms with Crippen LogP contribution in [0.1, 0.15) is 45.7 Å². The van der Waals surface area contributed by atoms with Crippen LogP contribution in [0.25, 0.3) is 0 Å². The first kappa shape index (κ1) is 20.8. The fourth-order valence-electron chi connectivity index (χ4n) is 2.55. The van der Waals surface area contributed by atoms with Gasteiger partial charge in [0.15, 0.2) is 6.10 Å². The van der Waals surface area contributed by atoms with Crippen molar-refractivity contribution in [1.29, 1.82) is 0 Å². The number of rotatable bonds is 7. The van der Waals surface area contributed by atoms with Gasteiger partial charge in [-0.25, -0.2) is 0 Å². The lowest BCUT2D eigenvalue weighted by molar-refractivity contribution is -0.128. The second kappa shape index (κ2) is 8.94. The monoisotopic (exact) mass is 369 g/mol. The normalized spacial score (nSPS) is 13.6. The second-order valence-electron chi connectivity index (χ2n) is 8.07. The van der Waals surface area contributed by atoms with E-state index in [4.69, 9.17) is 9.47 Å². The van der Waals surface area contributed by atoms with Gasteiger partial charge in [0.05, 0.1) is 6.04 Å². The Labute approximate surface area is 162 Å². The van der Waals surface area contributed by atoms with E-state index in [1.807, 2.05) is 62.4 Å². The topological polar surface area (TPSA) is 47.6 Å². The van der Waals surface area contributed by atoms with Gasteiger partial charge in [-0.1, -0.05) is 50.6 Å². The Hall–Kier alpha value is -2.49. The van der Waals surface area contributed by atoms with Crippen molar-refractivity contribution >= 4 is 5.91 Å². The van der Waals surface area contributed by atoms with Crippen molar-refractivity contribution in [3.8, 4) is 11.5 Å². The summed E-state index contributed by atoms with van der Waals surface area (Å²) in [5.41, 5.74) is 2.51. The average Bonchev–Trinajstić information content (AvgIpc) is 2.61. The fraction of sp³-hybridized carbons (Fsp3) is 0.435.